The number of ether oxygens (including phenoxy) is 1. The molecule has 102 valence electrons. The molecule has 0 bridgehead atoms. The molecule has 0 aliphatic carbocycles. The van der Waals surface area contributed by atoms with Crippen LogP contribution in [0.4, 0.5) is 4.39 Å². The Morgan fingerprint density at radius 3 is 3.16 bits per heavy atom. The molecule has 1 aliphatic rings. The van der Waals surface area contributed by atoms with E-state index in [4.69, 9.17) is 4.74 Å². The van der Waals surface area contributed by atoms with Gasteiger partial charge in [-0.15, -0.1) is 0 Å². The summed E-state index contributed by atoms with van der Waals surface area (Å²) in [6, 6.07) is 4.77. The third-order valence-electron chi connectivity index (χ3n) is 3.52. The lowest BCUT2D eigenvalue weighted by molar-refractivity contribution is 0.0276. The fourth-order valence-corrected chi connectivity index (χ4v) is 2.62. The molecule has 1 aliphatic heterocycles. The Hall–Kier alpha value is -1.46. The van der Waals surface area contributed by atoms with Crippen LogP contribution in [-0.2, 0) is 17.7 Å². The summed E-state index contributed by atoms with van der Waals surface area (Å²) in [5, 5.41) is 3.31. The van der Waals surface area contributed by atoms with Crippen LogP contribution in [0.1, 0.15) is 12.7 Å². The second kappa shape index (κ2) is 5.27. The fraction of sp³-hybridized carbons (Fsp3) is 0.500. The Kier molecular flexibility index (Phi) is 3.48. The van der Waals surface area contributed by atoms with Gasteiger partial charge in [0.15, 0.2) is 0 Å². The van der Waals surface area contributed by atoms with Crippen molar-refractivity contribution in [2.45, 2.75) is 26.0 Å². The number of nitrogens with one attached hydrogen (secondary N) is 1. The summed E-state index contributed by atoms with van der Waals surface area (Å²) in [5.41, 5.74) is 1.71. The largest absolute Gasteiger partial charge is 0.375 e. The van der Waals surface area contributed by atoms with Crippen LogP contribution in [0.25, 0.3) is 11.0 Å². The number of hydrogen-bond donors (Lipinski definition) is 1. The molecule has 3 rings (SSSR count). The SMILES string of the molecule is CCn1c(CC2CNCCO2)nc2cc(F)ccc21. The number of benzene rings is 1. The van der Waals surface area contributed by atoms with Gasteiger partial charge in [0.25, 0.3) is 0 Å². The zero-order chi connectivity index (χ0) is 13.2. The Labute approximate surface area is 111 Å². The van der Waals surface area contributed by atoms with Crippen molar-refractivity contribution < 1.29 is 9.13 Å². The summed E-state index contributed by atoms with van der Waals surface area (Å²) >= 11 is 0. The normalized spacial score (nSPS) is 20.0. The Bertz CT molecular complexity index is 575. The zero-order valence-electron chi connectivity index (χ0n) is 11.0. The molecule has 1 aromatic heterocycles. The quantitative estimate of drug-likeness (QED) is 0.916. The molecule has 5 heteroatoms. The molecule has 1 aromatic carbocycles. The number of aryl methyl sites for hydroxylation is 1. The maximum atomic E-state index is 13.3. The summed E-state index contributed by atoms with van der Waals surface area (Å²) in [5.74, 6) is 0.729. The topological polar surface area (TPSA) is 39.1 Å². The van der Waals surface area contributed by atoms with Gasteiger partial charge in [-0.3, -0.25) is 0 Å². The third kappa shape index (κ3) is 2.48. The Morgan fingerprint density at radius 1 is 1.53 bits per heavy atom. The third-order valence-corrected chi connectivity index (χ3v) is 3.52. The van der Waals surface area contributed by atoms with Crippen LogP contribution in [0.5, 0.6) is 0 Å². The van der Waals surface area contributed by atoms with Crippen molar-refractivity contribution in [3.05, 3.63) is 29.8 Å². The van der Waals surface area contributed by atoms with Gasteiger partial charge in [-0.2, -0.15) is 0 Å². The molecule has 1 saturated heterocycles. The van der Waals surface area contributed by atoms with Gasteiger partial charge in [0, 0.05) is 32.1 Å². The number of aromatic nitrogens is 2. The summed E-state index contributed by atoms with van der Waals surface area (Å²) in [4.78, 5) is 4.55. The lowest BCUT2D eigenvalue weighted by atomic mass is 10.2. The van der Waals surface area contributed by atoms with Crippen molar-refractivity contribution in [3.8, 4) is 0 Å². The van der Waals surface area contributed by atoms with Crippen molar-refractivity contribution in [2.75, 3.05) is 19.7 Å². The number of halogens is 1. The van der Waals surface area contributed by atoms with Gasteiger partial charge in [-0.05, 0) is 19.1 Å². The van der Waals surface area contributed by atoms with E-state index in [0.29, 0.717) is 0 Å². The van der Waals surface area contributed by atoms with Gasteiger partial charge in [0.2, 0.25) is 0 Å². The van der Waals surface area contributed by atoms with E-state index in [-0.39, 0.29) is 11.9 Å². The zero-order valence-corrected chi connectivity index (χ0v) is 11.0. The maximum absolute atomic E-state index is 13.3. The number of fused-ring (bicyclic) bond motifs is 1. The van der Waals surface area contributed by atoms with Crippen LogP contribution >= 0.6 is 0 Å². The molecule has 0 saturated carbocycles. The lowest BCUT2D eigenvalue weighted by Crippen LogP contribution is -2.40. The molecule has 0 amide bonds. The fourth-order valence-electron chi connectivity index (χ4n) is 2.62. The van der Waals surface area contributed by atoms with E-state index in [9.17, 15) is 4.39 Å². The van der Waals surface area contributed by atoms with Crippen molar-refractivity contribution in [1.82, 2.24) is 14.9 Å². The number of hydrogen-bond acceptors (Lipinski definition) is 3. The molecule has 1 atom stereocenters. The molecular weight excluding hydrogens is 245 g/mol. The maximum Gasteiger partial charge on any atom is 0.125 e. The summed E-state index contributed by atoms with van der Waals surface area (Å²) in [7, 11) is 0. The predicted molar refractivity (Wildman–Crippen MR) is 71.7 cm³/mol. The standard InChI is InChI=1S/C14H18FN3O/c1-2-18-13-4-3-10(15)7-12(13)17-14(18)8-11-9-16-5-6-19-11/h3-4,7,11,16H,2,5-6,8-9H2,1H3. The highest BCUT2D eigenvalue weighted by Gasteiger charge is 2.18. The van der Waals surface area contributed by atoms with Gasteiger partial charge < -0.3 is 14.6 Å². The highest BCUT2D eigenvalue weighted by Crippen LogP contribution is 2.19. The summed E-state index contributed by atoms with van der Waals surface area (Å²) in [6.07, 6.45) is 0.914. The summed E-state index contributed by atoms with van der Waals surface area (Å²) in [6.45, 7) is 5.41. The van der Waals surface area contributed by atoms with Crippen LogP contribution in [0.3, 0.4) is 0 Å². The first-order valence-electron chi connectivity index (χ1n) is 6.75. The van der Waals surface area contributed by atoms with E-state index in [1.807, 2.05) is 0 Å². The van der Waals surface area contributed by atoms with E-state index >= 15 is 0 Å². The molecule has 2 aromatic rings. The van der Waals surface area contributed by atoms with E-state index < -0.39 is 0 Å². The average Bonchev–Trinajstić information content (AvgIpc) is 2.76. The molecule has 0 spiro atoms. The van der Waals surface area contributed by atoms with Gasteiger partial charge in [0.05, 0.1) is 23.7 Å². The van der Waals surface area contributed by atoms with Gasteiger partial charge in [0.1, 0.15) is 11.6 Å². The van der Waals surface area contributed by atoms with Crippen molar-refractivity contribution >= 4 is 11.0 Å². The number of morpholine rings is 1. The minimum absolute atomic E-state index is 0.153. The minimum atomic E-state index is -0.240. The Balaban J connectivity index is 1.93. The molecular formula is C14H18FN3O. The van der Waals surface area contributed by atoms with Crippen molar-refractivity contribution in [1.29, 1.82) is 0 Å². The lowest BCUT2D eigenvalue weighted by Gasteiger charge is -2.23. The predicted octanol–water partition coefficient (Wildman–Crippen LogP) is 1.73. The van der Waals surface area contributed by atoms with E-state index in [1.165, 1.54) is 12.1 Å². The highest BCUT2D eigenvalue weighted by atomic mass is 19.1. The Morgan fingerprint density at radius 2 is 2.42 bits per heavy atom. The molecule has 1 unspecified atom stereocenters. The first-order chi connectivity index (χ1) is 9.28. The van der Waals surface area contributed by atoms with Crippen LogP contribution in [0.15, 0.2) is 18.2 Å². The van der Waals surface area contributed by atoms with Crippen LogP contribution in [0, 0.1) is 5.82 Å². The molecule has 2 heterocycles. The van der Waals surface area contributed by atoms with E-state index in [2.05, 4.69) is 21.8 Å². The summed E-state index contributed by atoms with van der Waals surface area (Å²) < 4.78 is 21.1. The molecule has 1 N–H and O–H groups in total. The van der Waals surface area contributed by atoms with Crippen molar-refractivity contribution in [2.24, 2.45) is 0 Å². The second-order valence-electron chi connectivity index (χ2n) is 4.81. The van der Waals surface area contributed by atoms with E-state index in [0.717, 1.165) is 49.5 Å². The van der Waals surface area contributed by atoms with Gasteiger partial charge in [-0.25, -0.2) is 9.37 Å². The second-order valence-corrected chi connectivity index (χ2v) is 4.81. The number of nitrogens with zero attached hydrogens (tertiary/aromatic N) is 2. The smallest absolute Gasteiger partial charge is 0.125 e. The van der Waals surface area contributed by atoms with Crippen molar-refractivity contribution in [3.63, 3.8) is 0 Å². The average molecular weight is 263 g/mol. The highest BCUT2D eigenvalue weighted by molar-refractivity contribution is 5.76. The monoisotopic (exact) mass is 263 g/mol. The molecule has 4 nitrogen and oxygen atoms in total. The van der Waals surface area contributed by atoms with Crippen LogP contribution < -0.4 is 5.32 Å². The van der Waals surface area contributed by atoms with Gasteiger partial charge >= 0.3 is 0 Å². The van der Waals surface area contributed by atoms with Gasteiger partial charge in [-0.1, -0.05) is 0 Å². The number of rotatable bonds is 3. The first kappa shape index (κ1) is 12.6. The van der Waals surface area contributed by atoms with Crippen LogP contribution in [-0.4, -0.2) is 35.4 Å². The first-order valence-corrected chi connectivity index (χ1v) is 6.75. The molecule has 19 heavy (non-hydrogen) atoms. The molecule has 1 fully saturated rings. The number of imidazole rings is 1. The molecule has 0 radical (unpaired) electrons. The van der Waals surface area contributed by atoms with Crippen LogP contribution in [0.2, 0.25) is 0 Å². The minimum Gasteiger partial charge on any atom is -0.375 e. The van der Waals surface area contributed by atoms with E-state index in [1.54, 1.807) is 6.07 Å².